The highest BCUT2D eigenvalue weighted by atomic mass is 79.9. The number of carbonyl (C=O) groups excluding carboxylic acids is 1. The first-order valence-electron chi connectivity index (χ1n) is 12.8. The number of hydrogen-bond donors (Lipinski definition) is 2. The van der Waals surface area contributed by atoms with E-state index in [2.05, 4.69) is 31.5 Å². The Labute approximate surface area is 230 Å². The van der Waals surface area contributed by atoms with Gasteiger partial charge in [-0.05, 0) is 68.1 Å². The van der Waals surface area contributed by atoms with Crippen LogP contribution < -0.4 is 10.6 Å². The van der Waals surface area contributed by atoms with Crippen LogP contribution >= 0.6 is 15.9 Å². The molecule has 0 radical (unpaired) electrons. The standard InChI is InChI=1S/C27H29BrFN5O3S/c28-19-9-7-18(8-10-19)24-16-22(32-27(33-24)31-21-4-1-2-5-21)17-30-26(35)25-6-3-15-34(25)38(36,37)23-13-11-20(29)12-14-23/h7-14,16,21,25H,1-6,15,17H2,(H,30,35)(H,31,32,33)/t25-/m0/s1. The number of amides is 1. The molecule has 5 rings (SSSR count). The van der Waals surface area contributed by atoms with E-state index in [0.29, 0.717) is 30.5 Å². The number of anilines is 1. The fourth-order valence-electron chi connectivity index (χ4n) is 5.00. The Morgan fingerprint density at radius 1 is 1.00 bits per heavy atom. The summed E-state index contributed by atoms with van der Waals surface area (Å²) >= 11 is 3.46. The van der Waals surface area contributed by atoms with Crippen LogP contribution in [-0.2, 0) is 21.4 Å². The van der Waals surface area contributed by atoms with Crippen LogP contribution in [0, 0.1) is 5.82 Å². The Morgan fingerprint density at radius 3 is 2.42 bits per heavy atom. The number of nitrogens with zero attached hydrogens (tertiary/aromatic N) is 3. The summed E-state index contributed by atoms with van der Waals surface area (Å²) < 4.78 is 41.8. The lowest BCUT2D eigenvalue weighted by Crippen LogP contribution is -2.45. The van der Waals surface area contributed by atoms with E-state index in [1.165, 1.54) is 29.3 Å². The lowest BCUT2D eigenvalue weighted by Gasteiger charge is -2.23. The Kier molecular flexibility index (Phi) is 8.06. The summed E-state index contributed by atoms with van der Waals surface area (Å²) in [4.78, 5) is 22.5. The zero-order valence-corrected chi connectivity index (χ0v) is 23.1. The molecule has 200 valence electrons. The first-order chi connectivity index (χ1) is 18.3. The minimum absolute atomic E-state index is 0.0313. The second-order valence-electron chi connectivity index (χ2n) is 9.65. The largest absolute Gasteiger partial charge is 0.351 e. The number of halogens is 2. The van der Waals surface area contributed by atoms with Gasteiger partial charge >= 0.3 is 0 Å². The number of aromatic nitrogens is 2. The van der Waals surface area contributed by atoms with Crippen molar-refractivity contribution in [2.45, 2.75) is 62.0 Å². The second kappa shape index (κ2) is 11.5. The van der Waals surface area contributed by atoms with E-state index >= 15 is 0 Å². The molecule has 1 aliphatic carbocycles. The van der Waals surface area contributed by atoms with Crippen molar-refractivity contribution in [2.24, 2.45) is 0 Å². The first kappa shape index (κ1) is 26.7. The summed E-state index contributed by atoms with van der Waals surface area (Å²) in [5, 5.41) is 6.32. The predicted molar refractivity (Wildman–Crippen MR) is 146 cm³/mol. The molecule has 0 bridgehead atoms. The van der Waals surface area contributed by atoms with Gasteiger partial charge in [0.05, 0.1) is 22.8 Å². The van der Waals surface area contributed by atoms with E-state index in [0.717, 1.165) is 40.7 Å². The van der Waals surface area contributed by atoms with Crippen molar-refractivity contribution in [2.75, 3.05) is 11.9 Å². The molecule has 0 spiro atoms. The first-order valence-corrected chi connectivity index (χ1v) is 15.0. The van der Waals surface area contributed by atoms with E-state index in [-0.39, 0.29) is 23.9 Å². The van der Waals surface area contributed by atoms with Gasteiger partial charge in [-0.2, -0.15) is 4.31 Å². The zero-order valence-electron chi connectivity index (χ0n) is 20.7. The summed E-state index contributed by atoms with van der Waals surface area (Å²) in [7, 11) is -3.93. The van der Waals surface area contributed by atoms with E-state index < -0.39 is 21.9 Å². The van der Waals surface area contributed by atoms with Gasteiger partial charge in [0.2, 0.25) is 21.9 Å². The summed E-state index contributed by atoms with van der Waals surface area (Å²) in [5.74, 6) is -0.390. The summed E-state index contributed by atoms with van der Waals surface area (Å²) in [5.41, 5.74) is 2.28. The minimum Gasteiger partial charge on any atom is -0.351 e. The second-order valence-corrected chi connectivity index (χ2v) is 12.5. The molecular weight excluding hydrogens is 573 g/mol. The third kappa shape index (κ3) is 6.05. The fraction of sp³-hybridized carbons (Fsp3) is 0.370. The van der Waals surface area contributed by atoms with Gasteiger partial charge in [0.1, 0.15) is 11.9 Å². The molecule has 2 aliphatic rings. The van der Waals surface area contributed by atoms with E-state index in [1.807, 2.05) is 30.3 Å². The summed E-state index contributed by atoms with van der Waals surface area (Å²) in [6.45, 7) is 0.361. The Hall–Kier alpha value is -2.89. The van der Waals surface area contributed by atoms with E-state index in [4.69, 9.17) is 4.98 Å². The average molecular weight is 603 g/mol. The fourth-order valence-corrected chi connectivity index (χ4v) is 6.92. The molecule has 8 nitrogen and oxygen atoms in total. The van der Waals surface area contributed by atoms with Crippen LogP contribution in [0.5, 0.6) is 0 Å². The predicted octanol–water partition coefficient (Wildman–Crippen LogP) is 4.87. The van der Waals surface area contributed by atoms with E-state index in [1.54, 1.807) is 0 Å². The molecule has 2 fully saturated rings. The number of sulfonamides is 1. The molecule has 1 aromatic heterocycles. The zero-order chi connectivity index (χ0) is 26.7. The Morgan fingerprint density at radius 2 is 1.71 bits per heavy atom. The topological polar surface area (TPSA) is 104 Å². The molecule has 3 aromatic rings. The van der Waals surface area contributed by atoms with Crippen molar-refractivity contribution in [1.29, 1.82) is 0 Å². The maximum atomic E-state index is 13.3. The molecule has 38 heavy (non-hydrogen) atoms. The van der Waals surface area contributed by atoms with Gasteiger partial charge in [0.15, 0.2) is 0 Å². The number of hydrogen-bond acceptors (Lipinski definition) is 6. The highest BCUT2D eigenvalue weighted by molar-refractivity contribution is 9.10. The van der Waals surface area contributed by atoms with Gasteiger partial charge in [-0.25, -0.2) is 22.8 Å². The molecule has 1 saturated heterocycles. The van der Waals surface area contributed by atoms with Crippen molar-refractivity contribution < 1.29 is 17.6 Å². The van der Waals surface area contributed by atoms with Gasteiger partial charge in [-0.3, -0.25) is 4.79 Å². The van der Waals surface area contributed by atoms with Crippen molar-refractivity contribution in [3.05, 3.63) is 70.6 Å². The maximum absolute atomic E-state index is 13.3. The van der Waals surface area contributed by atoms with Gasteiger partial charge in [0, 0.05) is 22.6 Å². The number of rotatable bonds is 8. The SMILES string of the molecule is O=C(NCc1cc(-c2ccc(Br)cc2)nc(NC2CCCC2)n1)[C@@H]1CCCN1S(=O)(=O)c1ccc(F)cc1. The summed E-state index contributed by atoms with van der Waals surface area (Å²) in [6, 6.07) is 13.8. The molecule has 1 atom stereocenters. The molecule has 1 saturated carbocycles. The van der Waals surface area contributed by atoms with Gasteiger partial charge in [0.25, 0.3) is 0 Å². The third-order valence-corrected chi connectivity index (χ3v) is 9.43. The molecular formula is C27H29BrFN5O3S. The summed E-state index contributed by atoms with van der Waals surface area (Å²) in [6.07, 6.45) is 5.46. The lowest BCUT2D eigenvalue weighted by molar-refractivity contribution is -0.124. The van der Waals surface area contributed by atoms with Gasteiger partial charge in [-0.1, -0.05) is 40.9 Å². The molecule has 1 aliphatic heterocycles. The number of carbonyl (C=O) groups is 1. The monoisotopic (exact) mass is 601 g/mol. The van der Waals surface area contributed by atoms with Crippen molar-refractivity contribution in [1.82, 2.24) is 19.6 Å². The third-order valence-electron chi connectivity index (χ3n) is 6.98. The molecule has 2 aromatic carbocycles. The molecule has 0 unspecified atom stereocenters. The lowest BCUT2D eigenvalue weighted by atomic mass is 10.1. The minimum atomic E-state index is -3.93. The van der Waals surface area contributed by atoms with Crippen LogP contribution in [0.4, 0.5) is 10.3 Å². The molecule has 2 heterocycles. The maximum Gasteiger partial charge on any atom is 0.243 e. The smallest absolute Gasteiger partial charge is 0.243 e. The van der Waals surface area contributed by atoms with Crippen LogP contribution in [0.2, 0.25) is 0 Å². The number of nitrogens with one attached hydrogen (secondary N) is 2. The van der Waals surface area contributed by atoms with Crippen molar-refractivity contribution in [3.8, 4) is 11.3 Å². The molecule has 1 amide bonds. The highest BCUT2D eigenvalue weighted by Gasteiger charge is 2.39. The Bertz CT molecular complexity index is 1400. The van der Waals surface area contributed by atoms with E-state index in [9.17, 15) is 17.6 Å². The van der Waals surface area contributed by atoms with Gasteiger partial charge in [-0.15, -0.1) is 0 Å². The Balaban J connectivity index is 1.33. The quantitative estimate of drug-likeness (QED) is 0.382. The van der Waals surface area contributed by atoms with Crippen molar-refractivity contribution >= 4 is 37.8 Å². The van der Waals surface area contributed by atoms with Crippen molar-refractivity contribution in [3.63, 3.8) is 0 Å². The van der Waals surface area contributed by atoms with Crippen LogP contribution in [-0.4, -0.2) is 47.2 Å². The molecule has 11 heteroatoms. The van der Waals surface area contributed by atoms with Crippen LogP contribution in [0.15, 0.2) is 64.0 Å². The number of benzene rings is 2. The molecule has 2 N–H and O–H groups in total. The average Bonchev–Trinajstić information content (AvgIpc) is 3.61. The van der Waals surface area contributed by atoms with Crippen LogP contribution in [0.1, 0.15) is 44.2 Å². The highest BCUT2D eigenvalue weighted by Crippen LogP contribution is 2.27. The van der Waals surface area contributed by atoms with Crippen LogP contribution in [0.3, 0.4) is 0 Å². The van der Waals surface area contributed by atoms with Crippen LogP contribution in [0.25, 0.3) is 11.3 Å². The van der Waals surface area contributed by atoms with Gasteiger partial charge < -0.3 is 10.6 Å². The normalized spacial score (nSPS) is 18.5.